The maximum atomic E-state index is 11.1. The number of rotatable bonds is 54. The Morgan fingerprint density at radius 2 is 0.458 bits per heavy atom. The molecule has 9 rings (SSSR count). The molecule has 0 atom stereocenters. The quantitative estimate of drug-likeness (QED) is 0.0312. The molecular formula is C94H126N4O9. The number of benzene rings is 4. The van der Waals surface area contributed by atoms with E-state index in [1.165, 1.54) is 45.4 Å². The molecule has 4 aromatic rings. The number of nitrogens with zero attached hydrogens (tertiary/aromatic N) is 4. The maximum absolute atomic E-state index is 11.1. The number of hydrogen-bond acceptors (Lipinski definition) is 13. The molecular weight excluding hydrogens is 1330 g/mol. The summed E-state index contributed by atoms with van der Waals surface area (Å²) in [6, 6.07) is 27.5. The average Bonchev–Trinajstić information content (AvgIpc) is 1.63. The summed E-state index contributed by atoms with van der Waals surface area (Å²) in [4.78, 5) is 34.2. The highest BCUT2D eigenvalue weighted by molar-refractivity contribution is 6.39. The monoisotopic (exact) mass is 1450 g/mol. The molecule has 0 saturated heterocycles. The maximum Gasteiger partial charge on any atom is 0.302 e. The molecule has 13 heteroatoms. The second kappa shape index (κ2) is 47.4. The standard InChI is InChI=1S/C94H126N4O9/c1-8-14-20-34-56-102-77-62-73(63-78(68-77)103-57-35-21-15-9-2)92-85-48-46-83(95-85)91(72-42-44-76(45-43-72)101-55-41-33-31-29-27-26-28-30-32-40-54-100-71(7)99)84-47-49-86(96-84)93(74-64-79(104-58-36-22-16-10-3)69-80(65-74)105-59-37-23-17-11-4)88-51-53-90(98-88)94(89-52-50-87(92)97-89)75-66-81(106-60-38-24-18-12-5)70-82(67-75)107-61-39-25-19-13-6/h42-53,62-70H,8-41,54-61H2,1-7H3. The highest BCUT2D eigenvalue weighted by atomic mass is 16.5. The lowest BCUT2D eigenvalue weighted by Crippen LogP contribution is -2.06. The van der Waals surface area contributed by atoms with Crippen molar-refractivity contribution in [1.29, 1.82) is 0 Å². The topological polar surface area (TPSA) is 140 Å². The van der Waals surface area contributed by atoms with Crippen LogP contribution in [0.15, 0.2) is 170 Å². The van der Waals surface area contributed by atoms with Gasteiger partial charge < -0.3 is 37.9 Å². The van der Waals surface area contributed by atoms with Crippen LogP contribution in [0.4, 0.5) is 0 Å². The van der Waals surface area contributed by atoms with Gasteiger partial charge in [0, 0.05) is 47.4 Å². The zero-order chi connectivity index (χ0) is 74.9. The summed E-state index contributed by atoms with van der Waals surface area (Å²) in [7, 11) is 0. The number of carbonyl (C=O) groups excluding carboxylic acids is 1. The summed E-state index contributed by atoms with van der Waals surface area (Å²) in [6.45, 7) is 19.7. The zero-order valence-corrected chi connectivity index (χ0v) is 66.3. The molecule has 0 fully saturated rings. The van der Waals surface area contributed by atoms with Crippen LogP contribution in [0, 0.1) is 0 Å². The molecule has 107 heavy (non-hydrogen) atoms. The minimum Gasteiger partial charge on any atom is -0.494 e. The van der Waals surface area contributed by atoms with E-state index < -0.39 is 0 Å². The van der Waals surface area contributed by atoms with Crippen molar-refractivity contribution in [1.82, 2.24) is 0 Å². The Morgan fingerprint density at radius 1 is 0.243 bits per heavy atom. The summed E-state index contributed by atoms with van der Waals surface area (Å²) in [5.41, 5.74) is 13.0. The Kier molecular flexibility index (Phi) is 36.6. The molecule has 0 unspecified atom stereocenters. The van der Waals surface area contributed by atoms with Crippen molar-refractivity contribution in [3.05, 3.63) is 173 Å². The molecule has 5 aliphatic heterocycles. The Hall–Kier alpha value is -8.45. The molecule has 8 bridgehead atoms. The molecule has 0 N–H and O–H groups in total. The fraction of sp³-hybridized carbons (Fsp3) is 0.521. The van der Waals surface area contributed by atoms with Gasteiger partial charge in [0.25, 0.3) is 0 Å². The molecule has 0 saturated carbocycles. The van der Waals surface area contributed by atoms with Crippen molar-refractivity contribution in [3.63, 3.8) is 0 Å². The first-order chi connectivity index (χ1) is 52.7. The summed E-state index contributed by atoms with van der Waals surface area (Å²) in [5.74, 6) is 5.09. The molecule has 5 aliphatic rings. The molecule has 0 amide bonds. The van der Waals surface area contributed by atoms with Crippen molar-refractivity contribution in [2.24, 2.45) is 20.0 Å². The number of ether oxygens (including phenoxy) is 8. The zero-order valence-electron chi connectivity index (χ0n) is 66.3. The van der Waals surface area contributed by atoms with E-state index in [0.29, 0.717) is 52.9 Å². The van der Waals surface area contributed by atoms with E-state index in [1.54, 1.807) is 0 Å². The van der Waals surface area contributed by atoms with E-state index in [1.807, 2.05) is 12.1 Å². The molecule has 4 aromatic carbocycles. The molecule has 576 valence electrons. The van der Waals surface area contributed by atoms with Gasteiger partial charge in [0.15, 0.2) is 0 Å². The van der Waals surface area contributed by atoms with Crippen LogP contribution in [-0.4, -0.2) is 81.7 Å². The van der Waals surface area contributed by atoms with Crippen molar-refractivity contribution in [2.75, 3.05) is 52.9 Å². The van der Waals surface area contributed by atoms with E-state index in [0.717, 1.165) is 310 Å². The number of hydrogen-bond donors (Lipinski definition) is 0. The summed E-state index contributed by atoms with van der Waals surface area (Å²) >= 11 is 0. The largest absolute Gasteiger partial charge is 0.494 e. The third-order valence-corrected chi connectivity index (χ3v) is 20.0. The number of carbonyl (C=O) groups is 1. The van der Waals surface area contributed by atoms with Crippen molar-refractivity contribution >= 4 is 51.1 Å². The van der Waals surface area contributed by atoms with Gasteiger partial charge in [-0.2, -0.15) is 0 Å². The number of fused-ring (bicyclic) bond motifs is 4. The number of allylic oxidation sites excluding steroid dienone is 12. The third-order valence-electron chi connectivity index (χ3n) is 20.0. The van der Waals surface area contributed by atoms with Gasteiger partial charge in [-0.25, -0.2) is 20.0 Å². The van der Waals surface area contributed by atoms with E-state index in [4.69, 9.17) is 57.9 Å². The molecule has 0 aromatic heterocycles. The average molecular weight is 1460 g/mol. The van der Waals surface area contributed by atoms with Crippen LogP contribution in [0.5, 0.6) is 40.2 Å². The first-order valence-electron chi connectivity index (χ1n) is 41.8. The van der Waals surface area contributed by atoms with Crippen molar-refractivity contribution < 1.29 is 42.7 Å². The van der Waals surface area contributed by atoms with Crippen LogP contribution < -0.4 is 33.2 Å². The number of unbranched alkanes of at least 4 members (excludes halogenated alkanes) is 27. The summed E-state index contributed by atoms with van der Waals surface area (Å²) in [6.07, 6.45) is 54.8. The predicted octanol–water partition coefficient (Wildman–Crippen LogP) is 25.3. The van der Waals surface area contributed by atoms with Gasteiger partial charge in [-0.05, 0) is 171 Å². The highest BCUT2D eigenvalue weighted by Crippen LogP contribution is 2.43. The fourth-order valence-corrected chi connectivity index (χ4v) is 14.0. The molecule has 0 aliphatic carbocycles. The van der Waals surface area contributed by atoms with Gasteiger partial charge in [0.05, 0.1) is 98.5 Å². The molecule has 5 heterocycles. The number of esters is 1. The lowest BCUT2D eigenvalue weighted by atomic mass is 9.97. The van der Waals surface area contributed by atoms with Crippen LogP contribution >= 0.6 is 0 Å². The highest BCUT2D eigenvalue weighted by Gasteiger charge is 2.30. The predicted molar refractivity (Wildman–Crippen MR) is 446 cm³/mol. The molecule has 0 radical (unpaired) electrons. The third kappa shape index (κ3) is 27.3. The minimum atomic E-state index is -0.194. The van der Waals surface area contributed by atoms with Gasteiger partial charge in [0.2, 0.25) is 0 Å². The van der Waals surface area contributed by atoms with Crippen LogP contribution in [-0.2, 0) is 9.53 Å². The van der Waals surface area contributed by atoms with E-state index >= 15 is 0 Å². The second-order valence-corrected chi connectivity index (χ2v) is 29.1. The van der Waals surface area contributed by atoms with Gasteiger partial charge in [-0.3, -0.25) is 4.79 Å². The van der Waals surface area contributed by atoms with Crippen molar-refractivity contribution in [2.45, 2.75) is 267 Å². The van der Waals surface area contributed by atoms with Crippen LogP contribution in [0.3, 0.4) is 0 Å². The molecule has 13 nitrogen and oxygen atoms in total. The Labute approximate surface area is 642 Å². The first kappa shape index (κ1) is 82.6. The van der Waals surface area contributed by atoms with Crippen LogP contribution in [0.25, 0.3) is 22.3 Å². The van der Waals surface area contributed by atoms with E-state index in [2.05, 4.69) is 157 Å². The van der Waals surface area contributed by atoms with Gasteiger partial charge in [0.1, 0.15) is 40.2 Å². The minimum absolute atomic E-state index is 0.194. The lowest BCUT2D eigenvalue weighted by molar-refractivity contribution is -0.141. The smallest absolute Gasteiger partial charge is 0.302 e. The normalized spacial score (nSPS) is 14.3. The lowest BCUT2D eigenvalue weighted by Gasteiger charge is -2.17. The Bertz CT molecular complexity index is 3680. The second-order valence-electron chi connectivity index (χ2n) is 29.1. The van der Waals surface area contributed by atoms with Gasteiger partial charge >= 0.3 is 5.97 Å². The first-order valence-corrected chi connectivity index (χ1v) is 41.8. The van der Waals surface area contributed by atoms with E-state index in [-0.39, 0.29) is 5.97 Å². The Balaban J connectivity index is 1.19. The molecule has 0 spiro atoms. The van der Waals surface area contributed by atoms with Crippen LogP contribution in [0.2, 0.25) is 0 Å². The Morgan fingerprint density at radius 3 is 0.701 bits per heavy atom. The van der Waals surface area contributed by atoms with Crippen molar-refractivity contribution in [3.8, 4) is 40.2 Å². The fourth-order valence-electron chi connectivity index (χ4n) is 14.0. The van der Waals surface area contributed by atoms with Crippen LogP contribution in [0.1, 0.15) is 289 Å². The number of aliphatic imine (C=N–C) groups is 4. The van der Waals surface area contributed by atoms with Gasteiger partial charge in [-0.1, -0.05) is 221 Å². The summed E-state index contributed by atoms with van der Waals surface area (Å²) < 4.78 is 51.9. The SMILES string of the molecule is CCCCCCOc1cc(OCCCCCC)cc(C2=C3C=CC(=N3)C(c3cc(OCCCCCC)cc(OCCCCCC)c3)=C3C=CC(=N3)C(c3cc(OCCCCCC)cc(OCCCCCC)c3)=C3C=CC(=N3)C(c3ccc(OCCCCCCCCCCCCOC(C)=O)cc3)=C3C=CC2=N3)c1. The van der Waals surface area contributed by atoms with E-state index in [9.17, 15) is 4.79 Å². The van der Waals surface area contributed by atoms with Gasteiger partial charge in [-0.15, -0.1) is 0 Å². The summed E-state index contributed by atoms with van der Waals surface area (Å²) in [5, 5.41) is 0.